The van der Waals surface area contributed by atoms with Crippen LogP contribution in [0.2, 0.25) is 0 Å². The van der Waals surface area contributed by atoms with Gasteiger partial charge in [-0.25, -0.2) is 16.8 Å². The molecule has 0 rings (SSSR count). The maximum absolute atomic E-state index is 11.7. The van der Waals surface area contributed by atoms with Gasteiger partial charge in [0, 0.05) is 5.41 Å². The summed E-state index contributed by atoms with van der Waals surface area (Å²) in [5.41, 5.74) is 0. The molecule has 0 aromatic rings. The van der Waals surface area contributed by atoms with Crippen molar-refractivity contribution in [2.24, 2.45) is 0 Å². The maximum Gasteiger partial charge on any atom is 0.180 e. The SMILES string of the molecule is C=CC(=CC)S(=O)(=O)CC(O)CS(=O)(=O)C=C. The lowest BCUT2D eigenvalue weighted by atomic mass is 10.5. The number of allylic oxidation sites excluding steroid dienone is 2. The molecule has 17 heavy (non-hydrogen) atoms. The van der Waals surface area contributed by atoms with Crippen molar-refractivity contribution in [2.75, 3.05) is 11.5 Å². The minimum atomic E-state index is -3.71. The van der Waals surface area contributed by atoms with Crippen molar-refractivity contribution in [3.05, 3.63) is 35.6 Å². The molecule has 98 valence electrons. The van der Waals surface area contributed by atoms with Crippen LogP contribution in [0.25, 0.3) is 0 Å². The monoisotopic (exact) mass is 280 g/mol. The van der Waals surface area contributed by atoms with E-state index in [1.54, 1.807) is 0 Å². The summed E-state index contributed by atoms with van der Waals surface area (Å²) in [6.07, 6.45) is 0.985. The Bertz CT molecular complexity index is 511. The number of hydrogen-bond donors (Lipinski definition) is 1. The van der Waals surface area contributed by atoms with Crippen molar-refractivity contribution in [2.45, 2.75) is 13.0 Å². The zero-order valence-corrected chi connectivity index (χ0v) is 11.2. The first-order valence-corrected chi connectivity index (χ1v) is 8.10. The molecule has 0 aliphatic rings. The highest BCUT2D eigenvalue weighted by Gasteiger charge is 2.23. The van der Waals surface area contributed by atoms with Crippen LogP contribution in [0.3, 0.4) is 0 Å². The van der Waals surface area contributed by atoms with Crippen molar-refractivity contribution in [1.82, 2.24) is 0 Å². The maximum atomic E-state index is 11.7. The molecule has 0 heterocycles. The summed E-state index contributed by atoms with van der Waals surface area (Å²) in [6.45, 7) is 7.92. The molecule has 0 spiro atoms. The van der Waals surface area contributed by atoms with Gasteiger partial charge in [-0.1, -0.05) is 25.3 Å². The van der Waals surface area contributed by atoms with Crippen LogP contribution < -0.4 is 0 Å². The predicted octanol–water partition coefficient (Wildman–Crippen LogP) is 0.410. The smallest absolute Gasteiger partial charge is 0.180 e. The third kappa shape index (κ3) is 5.29. The van der Waals surface area contributed by atoms with Gasteiger partial charge in [-0.3, -0.25) is 0 Å². The first kappa shape index (κ1) is 16.1. The Balaban J connectivity index is 4.88. The van der Waals surface area contributed by atoms with E-state index in [0.717, 1.165) is 6.08 Å². The Morgan fingerprint density at radius 3 is 2.12 bits per heavy atom. The minimum absolute atomic E-state index is 0.0347. The molecule has 5 nitrogen and oxygen atoms in total. The summed E-state index contributed by atoms with van der Waals surface area (Å²) in [5.74, 6) is -1.32. The van der Waals surface area contributed by atoms with Crippen molar-refractivity contribution >= 4 is 19.7 Å². The summed E-state index contributed by atoms with van der Waals surface area (Å²) in [6, 6.07) is 0. The van der Waals surface area contributed by atoms with Crippen molar-refractivity contribution in [3.63, 3.8) is 0 Å². The number of sulfone groups is 2. The normalized spacial score (nSPS) is 15.3. The molecule has 1 atom stereocenters. The summed E-state index contributed by atoms with van der Waals surface area (Å²) >= 11 is 0. The fourth-order valence-corrected chi connectivity index (χ4v) is 3.53. The Morgan fingerprint density at radius 1 is 1.24 bits per heavy atom. The first-order chi connectivity index (χ1) is 7.68. The van der Waals surface area contributed by atoms with Crippen LogP contribution in [0.5, 0.6) is 0 Å². The van der Waals surface area contributed by atoms with Crippen molar-refractivity contribution < 1.29 is 21.9 Å². The molecule has 0 radical (unpaired) electrons. The van der Waals surface area contributed by atoms with Crippen LogP contribution in [0.1, 0.15) is 6.92 Å². The van der Waals surface area contributed by atoms with E-state index in [1.165, 1.54) is 13.0 Å². The first-order valence-electron chi connectivity index (χ1n) is 4.73. The van der Waals surface area contributed by atoms with E-state index in [4.69, 9.17) is 0 Å². The van der Waals surface area contributed by atoms with Crippen LogP contribution in [-0.4, -0.2) is 39.6 Å². The fourth-order valence-electron chi connectivity index (χ4n) is 1.16. The molecule has 0 amide bonds. The Kier molecular flexibility index (Phi) is 5.80. The van der Waals surface area contributed by atoms with E-state index >= 15 is 0 Å². The van der Waals surface area contributed by atoms with Gasteiger partial charge in [0.05, 0.1) is 22.5 Å². The topological polar surface area (TPSA) is 88.5 Å². The standard InChI is InChI=1S/C10H16O5S2/c1-4-10(5-2)17(14,15)8-9(11)7-16(12,13)6-3/h4-6,9,11H,1,3,7-8H2,2H3. The van der Waals surface area contributed by atoms with Gasteiger partial charge in [0.25, 0.3) is 0 Å². The largest absolute Gasteiger partial charge is 0.391 e. The summed E-state index contributed by atoms with van der Waals surface area (Å²) in [7, 11) is -7.33. The van der Waals surface area contributed by atoms with E-state index in [9.17, 15) is 21.9 Å². The zero-order valence-electron chi connectivity index (χ0n) is 9.53. The second-order valence-corrected chi connectivity index (χ2v) is 7.35. The molecule has 7 heteroatoms. The fraction of sp³-hybridized carbons (Fsp3) is 0.400. The minimum Gasteiger partial charge on any atom is -0.391 e. The lowest BCUT2D eigenvalue weighted by molar-refractivity contribution is 0.221. The highest BCUT2D eigenvalue weighted by Crippen LogP contribution is 2.11. The second kappa shape index (κ2) is 6.13. The Labute approximate surface area is 102 Å². The second-order valence-electron chi connectivity index (χ2n) is 3.33. The molecule has 0 saturated carbocycles. The molecule has 0 bridgehead atoms. The van der Waals surface area contributed by atoms with Crippen LogP contribution in [0.15, 0.2) is 35.6 Å². The van der Waals surface area contributed by atoms with Gasteiger partial charge >= 0.3 is 0 Å². The molecule has 0 aromatic carbocycles. The molecular formula is C10H16O5S2. The van der Waals surface area contributed by atoms with Crippen molar-refractivity contribution in [1.29, 1.82) is 0 Å². The molecular weight excluding hydrogens is 264 g/mol. The average Bonchev–Trinajstić information content (AvgIpc) is 2.17. The van der Waals surface area contributed by atoms with Crippen LogP contribution >= 0.6 is 0 Å². The number of hydrogen-bond acceptors (Lipinski definition) is 5. The van der Waals surface area contributed by atoms with Crippen LogP contribution in [-0.2, 0) is 19.7 Å². The molecule has 0 aliphatic heterocycles. The van der Waals surface area contributed by atoms with Gasteiger partial charge in [0.15, 0.2) is 19.7 Å². The zero-order chi connectivity index (χ0) is 13.7. The Hall–Kier alpha value is -0.920. The highest BCUT2D eigenvalue weighted by molar-refractivity contribution is 7.96. The number of aliphatic hydroxyl groups excluding tert-OH is 1. The van der Waals surface area contributed by atoms with Gasteiger partial charge < -0.3 is 5.11 Å². The van der Waals surface area contributed by atoms with E-state index in [1.807, 2.05) is 0 Å². The van der Waals surface area contributed by atoms with Gasteiger partial charge in [-0.2, -0.15) is 0 Å². The van der Waals surface area contributed by atoms with Gasteiger partial charge in [0.2, 0.25) is 0 Å². The van der Waals surface area contributed by atoms with E-state index in [0.29, 0.717) is 5.41 Å². The highest BCUT2D eigenvalue weighted by atomic mass is 32.2. The van der Waals surface area contributed by atoms with E-state index < -0.39 is 37.3 Å². The Morgan fingerprint density at radius 2 is 1.76 bits per heavy atom. The van der Waals surface area contributed by atoms with Crippen LogP contribution in [0.4, 0.5) is 0 Å². The molecule has 0 saturated heterocycles. The lowest BCUT2D eigenvalue weighted by Gasteiger charge is -2.10. The van der Waals surface area contributed by atoms with Gasteiger partial charge in [-0.05, 0) is 6.92 Å². The summed E-state index contributed by atoms with van der Waals surface area (Å²) in [4.78, 5) is -0.0347. The van der Waals surface area contributed by atoms with Gasteiger partial charge in [0.1, 0.15) is 0 Å². The van der Waals surface area contributed by atoms with Crippen LogP contribution in [0, 0.1) is 0 Å². The van der Waals surface area contributed by atoms with Gasteiger partial charge in [-0.15, -0.1) is 0 Å². The quantitative estimate of drug-likeness (QED) is 0.682. The summed E-state index contributed by atoms with van der Waals surface area (Å²) < 4.78 is 45.5. The number of rotatable bonds is 7. The molecule has 1 unspecified atom stereocenters. The van der Waals surface area contributed by atoms with E-state index in [2.05, 4.69) is 13.2 Å². The molecule has 0 fully saturated rings. The lowest BCUT2D eigenvalue weighted by Crippen LogP contribution is -2.28. The third-order valence-corrected chi connectivity index (χ3v) is 5.24. The number of aliphatic hydroxyl groups is 1. The molecule has 1 N–H and O–H groups in total. The predicted molar refractivity (Wildman–Crippen MR) is 67.7 cm³/mol. The molecule has 0 aromatic heterocycles. The average molecular weight is 280 g/mol. The third-order valence-electron chi connectivity index (χ3n) is 1.94. The van der Waals surface area contributed by atoms with Crippen molar-refractivity contribution in [3.8, 4) is 0 Å². The van der Waals surface area contributed by atoms with E-state index in [-0.39, 0.29) is 4.91 Å². The molecule has 0 aliphatic carbocycles. The summed E-state index contributed by atoms with van der Waals surface area (Å²) in [5, 5.41) is 10.1.